The number of pyridine rings is 1. The minimum atomic E-state index is -1.12. The predicted octanol–water partition coefficient (Wildman–Crippen LogP) is 5.85. The Labute approximate surface area is 230 Å². The van der Waals surface area contributed by atoms with E-state index in [-0.39, 0.29) is 0 Å². The molecule has 1 unspecified atom stereocenters. The van der Waals surface area contributed by atoms with E-state index in [4.69, 9.17) is 4.74 Å². The van der Waals surface area contributed by atoms with Crippen molar-refractivity contribution >= 4 is 28.2 Å². The van der Waals surface area contributed by atoms with Crippen molar-refractivity contribution in [2.24, 2.45) is 0 Å². The van der Waals surface area contributed by atoms with E-state index in [0.717, 1.165) is 59.1 Å². The fraction of sp³-hybridized carbons (Fsp3) is 0.344. The largest absolute Gasteiger partial charge is 0.481 e. The molecule has 0 radical (unpaired) electrons. The molecule has 0 saturated carbocycles. The van der Waals surface area contributed by atoms with Gasteiger partial charge in [0.25, 0.3) is 0 Å². The lowest BCUT2D eigenvalue weighted by atomic mass is 9.80. The normalized spacial score (nSPS) is 15.6. The second-order valence-electron chi connectivity index (χ2n) is 10.3. The van der Waals surface area contributed by atoms with E-state index in [1.165, 1.54) is 10.8 Å². The van der Waals surface area contributed by atoms with Crippen LogP contribution in [0.2, 0.25) is 0 Å². The van der Waals surface area contributed by atoms with Crippen molar-refractivity contribution in [1.82, 2.24) is 9.88 Å². The van der Waals surface area contributed by atoms with Gasteiger partial charge in [0, 0.05) is 43.1 Å². The van der Waals surface area contributed by atoms with E-state index in [0.29, 0.717) is 18.7 Å². The number of aromatic nitrogens is 1. The maximum atomic E-state index is 12.6. The highest BCUT2D eigenvalue weighted by Gasteiger charge is 2.34. The van der Waals surface area contributed by atoms with Gasteiger partial charge in [-0.25, -0.2) is 4.98 Å². The summed E-state index contributed by atoms with van der Waals surface area (Å²) < 4.78 is 5.71. The van der Waals surface area contributed by atoms with Crippen LogP contribution in [0.3, 0.4) is 0 Å². The number of thioether (sulfide) groups is 1. The molecule has 0 aliphatic carbocycles. The molecule has 0 bridgehead atoms. The quantitative estimate of drug-likeness (QED) is 0.295. The molecule has 6 heteroatoms. The fourth-order valence-electron chi connectivity index (χ4n) is 5.42. The summed E-state index contributed by atoms with van der Waals surface area (Å²) >= 11 is 1.99. The van der Waals surface area contributed by atoms with Crippen molar-refractivity contribution in [3.63, 3.8) is 0 Å². The number of aliphatic hydroxyl groups is 1. The number of hydrogen-bond donors (Lipinski definition) is 1. The Morgan fingerprint density at radius 3 is 2.47 bits per heavy atom. The predicted molar refractivity (Wildman–Crippen MR) is 160 cm³/mol. The van der Waals surface area contributed by atoms with Gasteiger partial charge in [0.2, 0.25) is 5.88 Å². The van der Waals surface area contributed by atoms with Crippen LogP contribution in [0.15, 0.2) is 79.0 Å². The van der Waals surface area contributed by atoms with Crippen LogP contribution in [0.5, 0.6) is 5.88 Å². The number of ether oxygens (including phenoxy) is 1. The molecule has 5 nitrogen and oxygen atoms in total. The first-order valence-corrected chi connectivity index (χ1v) is 14.4. The third-order valence-corrected chi connectivity index (χ3v) is 8.39. The molecular weight excluding hydrogens is 490 g/mol. The summed E-state index contributed by atoms with van der Waals surface area (Å²) in [5, 5.41) is 15.0. The third-order valence-electron chi connectivity index (χ3n) is 7.44. The van der Waals surface area contributed by atoms with E-state index in [1.54, 1.807) is 7.11 Å². The van der Waals surface area contributed by atoms with Crippen molar-refractivity contribution < 1.29 is 9.84 Å². The van der Waals surface area contributed by atoms with Gasteiger partial charge in [-0.15, -0.1) is 0 Å². The summed E-state index contributed by atoms with van der Waals surface area (Å²) in [6.45, 7) is 2.76. The summed E-state index contributed by atoms with van der Waals surface area (Å²) in [5.41, 5.74) is 4.02. The monoisotopic (exact) mass is 527 g/mol. The zero-order valence-electron chi connectivity index (χ0n) is 22.6. The van der Waals surface area contributed by atoms with Crippen molar-refractivity contribution in [3.8, 4) is 17.0 Å². The second-order valence-corrected chi connectivity index (χ2v) is 11.5. The molecule has 1 saturated heterocycles. The van der Waals surface area contributed by atoms with E-state index >= 15 is 0 Å². The van der Waals surface area contributed by atoms with Crippen LogP contribution in [0, 0.1) is 0 Å². The van der Waals surface area contributed by atoms with Crippen molar-refractivity contribution in [2.75, 3.05) is 57.2 Å². The van der Waals surface area contributed by atoms with Gasteiger partial charge in [0.15, 0.2) is 0 Å². The Balaban J connectivity index is 1.61. The summed E-state index contributed by atoms with van der Waals surface area (Å²) in [7, 11) is 5.76. The highest BCUT2D eigenvalue weighted by molar-refractivity contribution is 7.99. The molecule has 1 aromatic heterocycles. The molecule has 5 rings (SSSR count). The molecular formula is C32H37N3O2S. The molecule has 0 spiro atoms. The number of methoxy groups -OCH3 is 1. The summed E-state index contributed by atoms with van der Waals surface area (Å²) in [6, 6.07) is 25.3. The average Bonchev–Trinajstić information content (AvgIpc) is 2.96. The number of hydrogen-bond acceptors (Lipinski definition) is 6. The van der Waals surface area contributed by atoms with Gasteiger partial charge in [-0.2, -0.15) is 11.8 Å². The average molecular weight is 528 g/mol. The fourth-order valence-corrected chi connectivity index (χ4v) is 6.32. The standard InChI is InChI=1S/C32H37N3O2S/c1-34(2)16-15-32(36,22-25-21-26(23-33-31(25)37-3)35-17-19-38-20-18-35)30-14-7-6-12-29(30)28-13-8-10-24-9-4-5-11-27(24)28/h4-14,21,23,36H,15-20,22H2,1-3H3. The van der Waals surface area contributed by atoms with E-state index in [9.17, 15) is 5.11 Å². The van der Waals surface area contributed by atoms with Crippen LogP contribution < -0.4 is 9.64 Å². The topological polar surface area (TPSA) is 48.8 Å². The SMILES string of the molecule is COc1ncc(N2CCSCC2)cc1CC(O)(CCN(C)C)c1ccccc1-c1cccc2ccccc12. The molecule has 1 aliphatic rings. The number of fused-ring (bicyclic) bond motifs is 1. The summed E-state index contributed by atoms with van der Waals surface area (Å²) in [5.74, 6) is 2.81. The molecule has 2 heterocycles. The Morgan fingerprint density at radius 2 is 1.68 bits per heavy atom. The van der Waals surface area contributed by atoms with Crippen LogP contribution in [-0.4, -0.2) is 67.3 Å². The van der Waals surface area contributed by atoms with Gasteiger partial charge >= 0.3 is 0 Å². The Bertz CT molecular complexity index is 1380. The molecule has 3 aromatic carbocycles. The lowest BCUT2D eigenvalue weighted by molar-refractivity contribution is 0.0211. The van der Waals surface area contributed by atoms with Crippen LogP contribution >= 0.6 is 11.8 Å². The Morgan fingerprint density at radius 1 is 0.974 bits per heavy atom. The molecule has 4 aromatic rings. The maximum Gasteiger partial charge on any atom is 0.216 e. The van der Waals surface area contributed by atoms with E-state index in [2.05, 4.69) is 81.5 Å². The zero-order valence-corrected chi connectivity index (χ0v) is 23.4. The van der Waals surface area contributed by atoms with Gasteiger partial charge < -0.3 is 19.6 Å². The second kappa shape index (κ2) is 11.8. The number of anilines is 1. The number of nitrogens with zero attached hydrogens (tertiary/aromatic N) is 3. The molecule has 1 fully saturated rings. The van der Waals surface area contributed by atoms with Crippen LogP contribution in [0.1, 0.15) is 17.5 Å². The highest BCUT2D eigenvalue weighted by atomic mass is 32.2. The Kier molecular flexibility index (Phi) is 8.22. The first-order chi connectivity index (χ1) is 18.5. The van der Waals surface area contributed by atoms with Crippen LogP contribution in [-0.2, 0) is 12.0 Å². The van der Waals surface area contributed by atoms with Crippen molar-refractivity contribution in [2.45, 2.75) is 18.4 Å². The summed E-state index contributed by atoms with van der Waals surface area (Å²) in [4.78, 5) is 9.19. The molecule has 1 atom stereocenters. The molecule has 38 heavy (non-hydrogen) atoms. The summed E-state index contributed by atoms with van der Waals surface area (Å²) in [6.07, 6.45) is 2.89. The van der Waals surface area contributed by atoms with E-state index in [1.807, 2.05) is 38.1 Å². The minimum absolute atomic E-state index is 0.412. The van der Waals surface area contributed by atoms with E-state index < -0.39 is 5.60 Å². The molecule has 0 amide bonds. The van der Waals surface area contributed by atoms with Crippen molar-refractivity contribution in [3.05, 3.63) is 90.1 Å². The van der Waals surface area contributed by atoms with Gasteiger partial charge in [0.1, 0.15) is 0 Å². The zero-order chi connectivity index (χ0) is 26.5. The lowest BCUT2D eigenvalue weighted by Gasteiger charge is -2.33. The molecule has 198 valence electrons. The van der Waals surface area contributed by atoms with Crippen LogP contribution in [0.25, 0.3) is 21.9 Å². The first kappa shape index (κ1) is 26.5. The minimum Gasteiger partial charge on any atom is -0.481 e. The molecule has 1 aliphatic heterocycles. The maximum absolute atomic E-state index is 12.6. The lowest BCUT2D eigenvalue weighted by Crippen LogP contribution is -2.34. The smallest absolute Gasteiger partial charge is 0.216 e. The number of rotatable bonds is 9. The van der Waals surface area contributed by atoms with Gasteiger partial charge in [0.05, 0.1) is 24.6 Å². The first-order valence-electron chi connectivity index (χ1n) is 13.3. The van der Waals surface area contributed by atoms with Gasteiger partial charge in [-0.05, 0) is 54.0 Å². The highest BCUT2D eigenvalue weighted by Crippen LogP contribution is 2.40. The number of benzene rings is 3. The molecule has 1 N–H and O–H groups in total. The van der Waals surface area contributed by atoms with Crippen molar-refractivity contribution in [1.29, 1.82) is 0 Å². The van der Waals surface area contributed by atoms with Crippen LogP contribution in [0.4, 0.5) is 5.69 Å². The third kappa shape index (κ3) is 5.68. The van der Waals surface area contributed by atoms with Gasteiger partial charge in [-0.1, -0.05) is 66.7 Å². The Hall–Kier alpha value is -3.06. The van der Waals surface area contributed by atoms with Gasteiger partial charge in [-0.3, -0.25) is 0 Å².